The molecule has 0 saturated heterocycles. The molecule has 0 atom stereocenters. The van der Waals surface area contributed by atoms with Crippen LogP contribution in [0.2, 0.25) is 5.02 Å². The summed E-state index contributed by atoms with van der Waals surface area (Å²) in [5, 5.41) is 3.50. The highest BCUT2D eigenvalue weighted by Gasteiger charge is 2.06. The molecule has 5 heteroatoms. The molecular formula is C14H16ClN3O. The van der Waals surface area contributed by atoms with E-state index in [4.69, 9.17) is 11.6 Å². The van der Waals surface area contributed by atoms with Gasteiger partial charge >= 0.3 is 0 Å². The van der Waals surface area contributed by atoms with Crippen molar-refractivity contribution in [1.82, 2.24) is 15.3 Å². The minimum atomic E-state index is -0.0238. The molecule has 1 aromatic heterocycles. The van der Waals surface area contributed by atoms with Crippen LogP contribution < -0.4 is 5.32 Å². The molecule has 2 N–H and O–H groups in total. The second kappa shape index (κ2) is 6.38. The van der Waals surface area contributed by atoms with Crippen LogP contribution in [0.1, 0.15) is 17.1 Å². The first-order chi connectivity index (χ1) is 9.15. The number of carbonyl (C=O) groups excluding carboxylic acids is 1. The number of nitrogens with one attached hydrogen (secondary N) is 2. The summed E-state index contributed by atoms with van der Waals surface area (Å²) in [4.78, 5) is 19.0. The second-order valence-electron chi connectivity index (χ2n) is 4.36. The number of imidazole rings is 1. The first-order valence-electron chi connectivity index (χ1n) is 6.16. The smallest absolute Gasteiger partial charge is 0.224 e. The predicted molar refractivity (Wildman–Crippen MR) is 75.2 cm³/mol. The summed E-state index contributed by atoms with van der Waals surface area (Å²) in [6.07, 6.45) is 2.84. The number of rotatable bonds is 5. The molecular weight excluding hydrogens is 262 g/mol. The summed E-state index contributed by atoms with van der Waals surface area (Å²) in [6, 6.07) is 7.38. The monoisotopic (exact) mass is 277 g/mol. The average molecular weight is 278 g/mol. The Morgan fingerprint density at radius 2 is 2.21 bits per heavy atom. The molecule has 19 heavy (non-hydrogen) atoms. The van der Waals surface area contributed by atoms with Crippen LogP contribution in [0.25, 0.3) is 0 Å². The molecule has 0 fully saturated rings. The summed E-state index contributed by atoms with van der Waals surface area (Å²) in [5.41, 5.74) is 1.87. The first kappa shape index (κ1) is 13.6. The summed E-state index contributed by atoms with van der Waals surface area (Å²) in [7, 11) is 0. The number of hydrogen-bond donors (Lipinski definition) is 2. The van der Waals surface area contributed by atoms with Gasteiger partial charge in [-0.1, -0.05) is 29.8 Å². The highest BCUT2D eigenvalue weighted by molar-refractivity contribution is 6.31. The molecule has 0 spiro atoms. The summed E-state index contributed by atoms with van der Waals surface area (Å²) in [6.45, 7) is 2.49. The van der Waals surface area contributed by atoms with Crippen LogP contribution >= 0.6 is 11.6 Å². The van der Waals surface area contributed by atoms with Crippen LogP contribution in [0.4, 0.5) is 0 Å². The van der Waals surface area contributed by atoms with E-state index in [0.29, 0.717) is 18.0 Å². The Morgan fingerprint density at radius 3 is 2.89 bits per heavy atom. The van der Waals surface area contributed by atoms with Crippen LogP contribution in [-0.2, 0) is 17.6 Å². The van der Waals surface area contributed by atoms with Crippen LogP contribution in [0, 0.1) is 6.92 Å². The Morgan fingerprint density at radius 1 is 1.42 bits per heavy atom. The molecule has 0 bridgehead atoms. The second-order valence-corrected chi connectivity index (χ2v) is 4.77. The van der Waals surface area contributed by atoms with E-state index in [0.717, 1.165) is 23.5 Å². The van der Waals surface area contributed by atoms with E-state index in [1.54, 1.807) is 12.3 Å². The third-order valence-corrected chi connectivity index (χ3v) is 3.15. The zero-order chi connectivity index (χ0) is 13.7. The molecule has 4 nitrogen and oxygen atoms in total. The van der Waals surface area contributed by atoms with E-state index in [1.807, 2.05) is 25.1 Å². The van der Waals surface area contributed by atoms with Crippen LogP contribution in [-0.4, -0.2) is 22.4 Å². The minimum absolute atomic E-state index is 0.0238. The molecule has 1 heterocycles. The van der Waals surface area contributed by atoms with Crippen molar-refractivity contribution >= 4 is 17.5 Å². The van der Waals surface area contributed by atoms with Crippen molar-refractivity contribution in [2.24, 2.45) is 0 Å². The number of aryl methyl sites for hydroxylation is 1. The van der Waals surface area contributed by atoms with Gasteiger partial charge in [0, 0.05) is 29.9 Å². The van der Waals surface area contributed by atoms with Gasteiger partial charge in [0.1, 0.15) is 5.82 Å². The summed E-state index contributed by atoms with van der Waals surface area (Å²) < 4.78 is 0. The van der Waals surface area contributed by atoms with E-state index in [9.17, 15) is 4.79 Å². The van der Waals surface area contributed by atoms with Gasteiger partial charge in [0.05, 0.1) is 6.42 Å². The van der Waals surface area contributed by atoms with E-state index >= 15 is 0 Å². The molecule has 0 radical (unpaired) electrons. The lowest BCUT2D eigenvalue weighted by Gasteiger charge is -2.05. The molecule has 2 rings (SSSR count). The van der Waals surface area contributed by atoms with E-state index in [2.05, 4.69) is 15.3 Å². The van der Waals surface area contributed by atoms with E-state index < -0.39 is 0 Å². The van der Waals surface area contributed by atoms with E-state index in [1.165, 1.54) is 0 Å². The molecule has 1 amide bonds. The number of nitrogens with zero attached hydrogens (tertiary/aromatic N) is 1. The highest BCUT2D eigenvalue weighted by Crippen LogP contribution is 2.15. The number of halogens is 1. The standard InChI is InChI=1S/C14H16ClN3O/c1-10-17-9-12(18-10)6-7-16-14(19)8-11-4-2-3-5-13(11)15/h2-5,9H,6-8H2,1H3,(H,16,19)(H,17,18). The van der Waals surface area contributed by atoms with Crippen LogP contribution in [0.15, 0.2) is 30.5 Å². The zero-order valence-corrected chi connectivity index (χ0v) is 11.5. The molecule has 0 unspecified atom stereocenters. The number of H-pyrrole nitrogens is 1. The molecule has 0 aliphatic carbocycles. The minimum Gasteiger partial charge on any atom is -0.355 e. The van der Waals surface area contributed by atoms with Gasteiger partial charge < -0.3 is 10.3 Å². The third-order valence-electron chi connectivity index (χ3n) is 2.78. The fourth-order valence-electron chi connectivity index (χ4n) is 1.81. The maximum Gasteiger partial charge on any atom is 0.224 e. The zero-order valence-electron chi connectivity index (χ0n) is 10.7. The Bertz CT molecular complexity index is 565. The number of amides is 1. The van der Waals surface area contributed by atoms with Crippen molar-refractivity contribution in [3.05, 3.63) is 52.6 Å². The molecule has 0 aliphatic heterocycles. The molecule has 1 aromatic carbocycles. The van der Waals surface area contributed by atoms with Gasteiger partial charge in [0.25, 0.3) is 0 Å². The number of carbonyl (C=O) groups is 1. The number of aromatic nitrogens is 2. The Hall–Kier alpha value is -1.81. The van der Waals surface area contributed by atoms with Crippen molar-refractivity contribution in [3.63, 3.8) is 0 Å². The first-order valence-corrected chi connectivity index (χ1v) is 6.53. The lowest BCUT2D eigenvalue weighted by Crippen LogP contribution is -2.27. The van der Waals surface area contributed by atoms with Crippen molar-refractivity contribution in [2.75, 3.05) is 6.54 Å². The van der Waals surface area contributed by atoms with Crippen molar-refractivity contribution in [3.8, 4) is 0 Å². The molecule has 0 saturated carbocycles. The van der Waals surface area contributed by atoms with Gasteiger partial charge in [-0.3, -0.25) is 4.79 Å². The summed E-state index contributed by atoms with van der Waals surface area (Å²) >= 11 is 6.01. The average Bonchev–Trinajstić information content (AvgIpc) is 2.78. The topological polar surface area (TPSA) is 57.8 Å². The van der Waals surface area contributed by atoms with Crippen molar-refractivity contribution in [1.29, 1.82) is 0 Å². The number of aromatic amines is 1. The van der Waals surface area contributed by atoms with E-state index in [-0.39, 0.29) is 5.91 Å². The number of benzene rings is 1. The van der Waals surface area contributed by atoms with Crippen LogP contribution in [0.5, 0.6) is 0 Å². The lowest BCUT2D eigenvalue weighted by atomic mass is 10.1. The van der Waals surface area contributed by atoms with Crippen molar-refractivity contribution in [2.45, 2.75) is 19.8 Å². The highest BCUT2D eigenvalue weighted by atomic mass is 35.5. The van der Waals surface area contributed by atoms with Gasteiger partial charge in [0.2, 0.25) is 5.91 Å². The lowest BCUT2D eigenvalue weighted by molar-refractivity contribution is -0.120. The van der Waals surface area contributed by atoms with Gasteiger partial charge in [-0.15, -0.1) is 0 Å². The van der Waals surface area contributed by atoms with Gasteiger partial charge in [-0.2, -0.15) is 0 Å². The third kappa shape index (κ3) is 4.10. The SMILES string of the molecule is Cc1ncc(CCNC(=O)Cc2ccccc2Cl)[nH]1. The largest absolute Gasteiger partial charge is 0.355 e. The Labute approximate surface area is 117 Å². The van der Waals surface area contributed by atoms with Crippen molar-refractivity contribution < 1.29 is 4.79 Å². The quantitative estimate of drug-likeness (QED) is 0.881. The maximum absolute atomic E-state index is 11.8. The maximum atomic E-state index is 11.8. The van der Waals surface area contributed by atoms with Gasteiger partial charge in [-0.05, 0) is 18.6 Å². The van der Waals surface area contributed by atoms with Gasteiger partial charge in [0.15, 0.2) is 0 Å². The van der Waals surface area contributed by atoms with Crippen LogP contribution in [0.3, 0.4) is 0 Å². The fourth-order valence-corrected chi connectivity index (χ4v) is 2.02. The Balaban J connectivity index is 1.77. The summed E-state index contributed by atoms with van der Waals surface area (Å²) in [5.74, 6) is 0.863. The molecule has 100 valence electrons. The Kier molecular flexibility index (Phi) is 4.58. The van der Waals surface area contributed by atoms with Gasteiger partial charge in [-0.25, -0.2) is 4.98 Å². The normalized spacial score (nSPS) is 10.4. The molecule has 2 aromatic rings. The molecule has 0 aliphatic rings. The number of hydrogen-bond acceptors (Lipinski definition) is 2. The predicted octanol–water partition coefficient (Wildman–Crippen LogP) is 2.27. The fraction of sp³-hybridized carbons (Fsp3) is 0.286.